The molecule has 3 rings (SSSR count). The highest BCUT2D eigenvalue weighted by Gasteiger charge is 2.53. The molecule has 0 radical (unpaired) electrons. The molecule has 0 saturated carbocycles. The summed E-state index contributed by atoms with van der Waals surface area (Å²) in [5, 5.41) is 120. The van der Waals surface area contributed by atoms with Gasteiger partial charge in [-0.3, -0.25) is 4.79 Å². The largest absolute Gasteiger partial charge is 0.394 e. The van der Waals surface area contributed by atoms with E-state index in [9.17, 15) is 61.0 Å². The third-order valence-corrected chi connectivity index (χ3v) is 16.3. The van der Waals surface area contributed by atoms with Crippen molar-refractivity contribution in [1.29, 1.82) is 0 Å². The van der Waals surface area contributed by atoms with Crippen molar-refractivity contribution in [2.75, 3.05) is 26.4 Å². The molecule has 17 unspecified atom stereocenters. The summed E-state index contributed by atoms with van der Waals surface area (Å²) in [5.41, 5.74) is 0. The van der Waals surface area contributed by atoms with Gasteiger partial charge in [-0.2, -0.15) is 0 Å². The molecule has 0 aromatic rings. The Morgan fingerprint density at radius 1 is 0.438 bits per heavy atom. The van der Waals surface area contributed by atoms with E-state index in [1.807, 2.05) is 0 Å². The Morgan fingerprint density at radius 2 is 0.800 bits per heavy atom. The first kappa shape index (κ1) is 72.8. The molecule has 19 nitrogen and oxygen atoms in total. The molecule has 0 bridgehead atoms. The first-order chi connectivity index (χ1) is 38.8. The Morgan fingerprint density at radius 3 is 1.25 bits per heavy atom. The summed E-state index contributed by atoms with van der Waals surface area (Å²) < 4.78 is 34.3. The third-order valence-electron chi connectivity index (χ3n) is 16.3. The van der Waals surface area contributed by atoms with Crippen molar-refractivity contribution in [3.8, 4) is 0 Å². The summed E-state index contributed by atoms with van der Waals surface area (Å²) in [4.78, 5) is 13.3. The van der Waals surface area contributed by atoms with Crippen molar-refractivity contribution < 1.29 is 89.4 Å². The fourth-order valence-corrected chi connectivity index (χ4v) is 11.1. The van der Waals surface area contributed by atoms with E-state index in [4.69, 9.17) is 28.4 Å². The average Bonchev–Trinajstić information content (AvgIpc) is 3.58. The van der Waals surface area contributed by atoms with E-state index in [0.29, 0.717) is 12.8 Å². The lowest BCUT2D eigenvalue weighted by atomic mass is 9.96. The minimum absolute atomic E-state index is 0.252. The zero-order valence-corrected chi connectivity index (χ0v) is 49.3. The number of ether oxygens (including phenoxy) is 6. The van der Waals surface area contributed by atoms with Gasteiger partial charge in [0.2, 0.25) is 5.91 Å². The Hall–Kier alpha value is -1.47. The average molecular weight is 1150 g/mol. The van der Waals surface area contributed by atoms with Crippen LogP contribution in [0.4, 0.5) is 0 Å². The lowest BCUT2D eigenvalue weighted by Gasteiger charge is -2.48. The van der Waals surface area contributed by atoms with E-state index in [2.05, 4.69) is 31.3 Å². The summed E-state index contributed by atoms with van der Waals surface area (Å²) in [6.45, 7) is 1.76. The van der Waals surface area contributed by atoms with Gasteiger partial charge in [-0.05, 0) is 32.1 Å². The van der Waals surface area contributed by atoms with Crippen LogP contribution >= 0.6 is 0 Å². The summed E-state index contributed by atoms with van der Waals surface area (Å²) in [6, 6.07) is -0.887. The highest BCUT2D eigenvalue weighted by molar-refractivity contribution is 5.76. The molecule has 3 heterocycles. The quantitative estimate of drug-likeness (QED) is 0.0227. The predicted molar refractivity (Wildman–Crippen MR) is 305 cm³/mol. The molecule has 0 aromatic carbocycles. The second kappa shape index (κ2) is 44.9. The molecule has 3 fully saturated rings. The molecule has 472 valence electrons. The van der Waals surface area contributed by atoms with Crippen LogP contribution in [0.5, 0.6) is 0 Å². The molecule has 3 saturated heterocycles. The summed E-state index contributed by atoms with van der Waals surface area (Å²) in [7, 11) is 0. The highest BCUT2D eigenvalue weighted by atomic mass is 16.8. The second-order valence-electron chi connectivity index (χ2n) is 23.2. The minimum Gasteiger partial charge on any atom is -0.394 e. The molecule has 3 aliphatic rings. The van der Waals surface area contributed by atoms with Crippen LogP contribution in [0.2, 0.25) is 0 Å². The molecule has 12 N–H and O–H groups in total. The monoisotopic (exact) mass is 1150 g/mol. The number of aliphatic hydroxyl groups excluding tert-OH is 11. The van der Waals surface area contributed by atoms with Gasteiger partial charge in [0.1, 0.15) is 73.2 Å². The van der Waals surface area contributed by atoms with Crippen LogP contribution in [0.3, 0.4) is 0 Å². The van der Waals surface area contributed by atoms with Crippen LogP contribution < -0.4 is 5.32 Å². The van der Waals surface area contributed by atoms with E-state index in [1.54, 1.807) is 0 Å². The predicted octanol–water partition coefficient (Wildman–Crippen LogP) is 6.55. The van der Waals surface area contributed by atoms with Gasteiger partial charge in [-0.25, -0.2) is 0 Å². The first-order valence-electron chi connectivity index (χ1n) is 31.9. The fraction of sp³-hybridized carbons (Fsp3) is 0.951. The van der Waals surface area contributed by atoms with Crippen LogP contribution in [-0.2, 0) is 33.2 Å². The molecular formula is C61H115NO18. The van der Waals surface area contributed by atoms with Gasteiger partial charge in [-0.15, -0.1) is 0 Å². The van der Waals surface area contributed by atoms with Crippen molar-refractivity contribution in [1.82, 2.24) is 5.32 Å². The van der Waals surface area contributed by atoms with Crippen molar-refractivity contribution >= 4 is 5.91 Å². The molecule has 3 aliphatic heterocycles. The molecule has 1 amide bonds. The molecule has 80 heavy (non-hydrogen) atoms. The number of aliphatic hydroxyl groups is 11. The molecule has 0 aliphatic carbocycles. The number of carbonyl (C=O) groups excluding carboxylic acids is 1. The smallest absolute Gasteiger partial charge is 0.220 e. The van der Waals surface area contributed by atoms with Gasteiger partial charge in [-0.1, -0.05) is 212 Å². The van der Waals surface area contributed by atoms with Crippen LogP contribution in [-0.4, -0.2) is 193 Å². The fourth-order valence-electron chi connectivity index (χ4n) is 11.1. The van der Waals surface area contributed by atoms with Crippen molar-refractivity contribution in [2.45, 2.75) is 343 Å². The Bertz CT molecular complexity index is 1510. The number of carbonyl (C=O) groups is 1. The Balaban J connectivity index is 1.43. The van der Waals surface area contributed by atoms with Gasteiger partial charge >= 0.3 is 0 Å². The SMILES string of the molecule is CCCC/C=C\CCCCCCCC(=O)NC(COC1OC(CO)C(OC2OC(CO)C(OC3OC(CO)C(O)C(O)C3O)C(O)C2O)C(O)C1O)C(O)CCCCCCCCCCCCCCCCCCCCCCCCCC. The zero-order valence-electron chi connectivity index (χ0n) is 49.3. The van der Waals surface area contributed by atoms with Gasteiger partial charge in [0, 0.05) is 6.42 Å². The maximum absolute atomic E-state index is 13.3. The molecular weight excluding hydrogens is 1030 g/mol. The number of hydrogen-bond acceptors (Lipinski definition) is 18. The van der Waals surface area contributed by atoms with Crippen LogP contribution in [0.25, 0.3) is 0 Å². The normalized spacial score (nSPS) is 30.0. The van der Waals surface area contributed by atoms with Gasteiger partial charge in [0.05, 0.1) is 38.6 Å². The number of allylic oxidation sites excluding steroid dienone is 2. The van der Waals surface area contributed by atoms with E-state index in [0.717, 1.165) is 64.2 Å². The van der Waals surface area contributed by atoms with Gasteiger partial charge < -0.3 is 89.9 Å². The Kier molecular flexibility index (Phi) is 40.9. The third kappa shape index (κ3) is 28.2. The first-order valence-corrected chi connectivity index (χ1v) is 31.9. The van der Waals surface area contributed by atoms with E-state index in [-0.39, 0.29) is 18.9 Å². The number of hydrogen-bond donors (Lipinski definition) is 12. The minimum atomic E-state index is -1.97. The summed E-state index contributed by atoms with van der Waals surface area (Å²) >= 11 is 0. The molecule has 17 atom stereocenters. The maximum Gasteiger partial charge on any atom is 0.220 e. The van der Waals surface area contributed by atoms with Gasteiger partial charge in [0.25, 0.3) is 0 Å². The zero-order chi connectivity index (χ0) is 58.3. The molecule has 19 heteroatoms. The topological polar surface area (TPSA) is 307 Å². The maximum atomic E-state index is 13.3. The van der Waals surface area contributed by atoms with Crippen LogP contribution in [0.15, 0.2) is 12.2 Å². The van der Waals surface area contributed by atoms with E-state index < -0.39 is 124 Å². The highest BCUT2D eigenvalue weighted by Crippen LogP contribution is 2.33. The van der Waals surface area contributed by atoms with E-state index in [1.165, 1.54) is 141 Å². The number of unbranched alkanes of at least 4 members (excludes halogenated alkanes) is 30. The van der Waals surface area contributed by atoms with E-state index >= 15 is 0 Å². The summed E-state index contributed by atoms with van der Waals surface area (Å²) in [6.07, 6.45) is 18.8. The van der Waals surface area contributed by atoms with Crippen LogP contribution in [0, 0.1) is 0 Å². The Labute approximate surface area is 480 Å². The molecule has 0 aromatic heterocycles. The number of nitrogens with one attached hydrogen (secondary N) is 1. The van der Waals surface area contributed by atoms with Crippen molar-refractivity contribution in [2.24, 2.45) is 0 Å². The van der Waals surface area contributed by atoms with Gasteiger partial charge in [0.15, 0.2) is 18.9 Å². The standard InChI is InChI=1S/C61H115NO18/c1-3-5-7-9-11-13-15-16-17-18-19-20-21-22-23-24-25-26-27-29-30-32-34-36-38-45(66)44(62-49(67)39-37-35-33-31-28-14-12-10-8-6-4-2)43-75-59-55(73)52(70)57(47(41-64)77-59)80-61-56(74)53(71)58(48(42-65)78-61)79-60-54(72)51(69)50(68)46(40-63)76-60/h10,12,44-48,50-61,63-66,68-74H,3-9,11,13-43H2,1-2H3,(H,62,67)/b12-10-. The number of rotatable bonds is 48. The second-order valence-corrected chi connectivity index (χ2v) is 23.2. The lowest BCUT2D eigenvalue weighted by molar-refractivity contribution is -0.379. The van der Waals surface area contributed by atoms with Crippen molar-refractivity contribution in [3.63, 3.8) is 0 Å². The van der Waals surface area contributed by atoms with Crippen LogP contribution in [0.1, 0.15) is 239 Å². The lowest BCUT2D eigenvalue weighted by Crippen LogP contribution is -2.66. The number of amides is 1. The summed E-state index contributed by atoms with van der Waals surface area (Å²) in [5.74, 6) is -0.252. The molecule has 0 spiro atoms. The van der Waals surface area contributed by atoms with Crippen molar-refractivity contribution in [3.05, 3.63) is 12.2 Å².